The number of H-pyrrole nitrogens is 1. The number of hydrogen-bond acceptors (Lipinski definition) is 8. The van der Waals surface area contributed by atoms with Gasteiger partial charge in [-0.25, -0.2) is 4.79 Å². The number of rotatable bonds is 14. The third kappa shape index (κ3) is 8.50. The first-order chi connectivity index (χ1) is 17.4. The standard InChI is InChI=1S/C22H28N6O8S/c23-12(6-18(30)31)19(32)26-15(7-17(24)29)21(34)27-14(20(33)28-16(9-37)22(35)36)5-10-8-25-13-4-2-1-3-11(10)13/h1-4,8,12,14-16,25,37H,5-7,9,23H2,(H2,24,29)(H,26,32)(H,27,34)(H,28,33)(H,30,31)(H,35,36). The summed E-state index contributed by atoms with van der Waals surface area (Å²) in [6.45, 7) is 0. The number of amides is 4. The van der Waals surface area contributed by atoms with Crippen LogP contribution in [0.15, 0.2) is 30.5 Å². The van der Waals surface area contributed by atoms with E-state index in [0.29, 0.717) is 5.56 Å². The van der Waals surface area contributed by atoms with Crippen molar-refractivity contribution in [1.29, 1.82) is 0 Å². The number of para-hydroxylation sites is 1. The highest BCUT2D eigenvalue weighted by Gasteiger charge is 2.31. The van der Waals surface area contributed by atoms with Crippen molar-refractivity contribution in [3.8, 4) is 0 Å². The number of aromatic nitrogens is 1. The van der Waals surface area contributed by atoms with Gasteiger partial charge >= 0.3 is 11.9 Å². The maximum atomic E-state index is 13.0. The molecule has 1 aromatic heterocycles. The zero-order chi connectivity index (χ0) is 27.7. The molecule has 0 spiro atoms. The van der Waals surface area contributed by atoms with E-state index in [-0.39, 0.29) is 12.2 Å². The number of primary amides is 1. The predicted molar refractivity (Wildman–Crippen MR) is 133 cm³/mol. The van der Waals surface area contributed by atoms with Gasteiger partial charge in [0.1, 0.15) is 18.1 Å². The minimum atomic E-state index is -1.58. The highest BCUT2D eigenvalue weighted by molar-refractivity contribution is 7.80. The van der Waals surface area contributed by atoms with Gasteiger partial charge in [-0.2, -0.15) is 12.6 Å². The zero-order valence-electron chi connectivity index (χ0n) is 19.5. The molecule has 0 saturated carbocycles. The molecule has 14 nitrogen and oxygen atoms in total. The molecule has 2 aromatic rings. The molecule has 0 aliphatic rings. The van der Waals surface area contributed by atoms with Crippen LogP contribution in [0.25, 0.3) is 10.9 Å². The molecule has 0 fully saturated rings. The second kappa shape index (κ2) is 13.3. The highest BCUT2D eigenvalue weighted by atomic mass is 32.1. The van der Waals surface area contributed by atoms with Gasteiger partial charge < -0.3 is 42.6 Å². The molecule has 4 unspecified atom stereocenters. The molecule has 10 N–H and O–H groups in total. The average Bonchev–Trinajstić information content (AvgIpc) is 3.23. The summed E-state index contributed by atoms with van der Waals surface area (Å²) in [4.78, 5) is 75.1. The number of nitrogens with one attached hydrogen (secondary N) is 4. The summed E-state index contributed by atoms with van der Waals surface area (Å²) in [5.74, 6) is -6.76. The van der Waals surface area contributed by atoms with E-state index in [9.17, 15) is 33.9 Å². The number of carboxylic acids is 2. The third-order valence-electron chi connectivity index (χ3n) is 5.30. The molecule has 200 valence electrons. The van der Waals surface area contributed by atoms with Crippen LogP contribution in [0.1, 0.15) is 18.4 Å². The Labute approximate surface area is 215 Å². The van der Waals surface area contributed by atoms with E-state index in [1.807, 2.05) is 0 Å². The van der Waals surface area contributed by atoms with Crippen LogP contribution in [0.3, 0.4) is 0 Å². The van der Waals surface area contributed by atoms with Crippen LogP contribution < -0.4 is 27.4 Å². The van der Waals surface area contributed by atoms with E-state index in [4.69, 9.17) is 16.6 Å². The summed E-state index contributed by atoms with van der Waals surface area (Å²) in [5.41, 5.74) is 12.1. The largest absolute Gasteiger partial charge is 0.481 e. The lowest BCUT2D eigenvalue weighted by atomic mass is 10.0. The fourth-order valence-electron chi connectivity index (χ4n) is 3.43. The molecule has 4 atom stereocenters. The Hall–Kier alpha value is -4.11. The molecule has 0 bridgehead atoms. The van der Waals surface area contributed by atoms with Gasteiger partial charge in [-0.15, -0.1) is 0 Å². The lowest BCUT2D eigenvalue weighted by molar-refractivity contribution is -0.141. The molecule has 0 aliphatic carbocycles. The maximum Gasteiger partial charge on any atom is 0.327 e. The Kier molecular flexibility index (Phi) is 10.4. The fraction of sp³-hybridized carbons (Fsp3) is 0.364. The number of carbonyl (C=O) groups is 6. The highest BCUT2D eigenvalue weighted by Crippen LogP contribution is 2.19. The van der Waals surface area contributed by atoms with Crippen molar-refractivity contribution in [2.24, 2.45) is 11.5 Å². The summed E-state index contributed by atoms with van der Waals surface area (Å²) in [5, 5.41) is 25.7. The van der Waals surface area contributed by atoms with Crippen molar-refractivity contribution in [2.75, 3.05) is 5.75 Å². The first-order valence-corrected chi connectivity index (χ1v) is 11.6. The first-order valence-electron chi connectivity index (χ1n) is 11.0. The number of nitrogens with two attached hydrogens (primary N) is 2. The van der Waals surface area contributed by atoms with E-state index in [0.717, 1.165) is 10.9 Å². The quantitative estimate of drug-likeness (QED) is 0.119. The Morgan fingerprint density at radius 3 is 2.08 bits per heavy atom. The molecule has 37 heavy (non-hydrogen) atoms. The van der Waals surface area contributed by atoms with Crippen LogP contribution in [0.2, 0.25) is 0 Å². The van der Waals surface area contributed by atoms with Crippen molar-refractivity contribution >= 4 is 59.1 Å². The summed E-state index contributed by atoms with van der Waals surface area (Å²) < 4.78 is 0. The van der Waals surface area contributed by atoms with Crippen LogP contribution in [-0.2, 0) is 35.2 Å². The van der Waals surface area contributed by atoms with Crippen molar-refractivity contribution in [3.63, 3.8) is 0 Å². The second-order valence-electron chi connectivity index (χ2n) is 8.14. The molecule has 1 heterocycles. The lowest BCUT2D eigenvalue weighted by Crippen LogP contribution is -2.58. The van der Waals surface area contributed by atoms with Crippen LogP contribution in [0.5, 0.6) is 0 Å². The second-order valence-corrected chi connectivity index (χ2v) is 8.51. The van der Waals surface area contributed by atoms with E-state index in [1.165, 1.54) is 0 Å². The molecular formula is C22H28N6O8S. The molecular weight excluding hydrogens is 508 g/mol. The van der Waals surface area contributed by atoms with Gasteiger partial charge in [-0.1, -0.05) is 18.2 Å². The number of carboxylic acid groups (broad SMARTS) is 2. The van der Waals surface area contributed by atoms with Crippen LogP contribution in [0, 0.1) is 0 Å². The Bertz CT molecular complexity index is 1180. The van der Waals surface area contributed by atoms with Crippen molar-refractivity contribution in [2.45, 2.75) is 43.4 Å². The van der Waals surface area contributed by atoms with Gasteiger partial charge in [0, 0.05) is 29.3 Å². The number of carbonyl (C=O) groups excluding carboxylic acids is 4. The molecule has 0 radical (unpaired) electrons. The number of thiol groups is 1. The van der Waals surface area contributed by atoms with E-state index >= 15 is 0 Å². The number of fused-ring (bicyclic) bond motifs is 1. The van der Waals surface area contributed by atoms with Crippen LogP contribution in [0.4, 0.5) is 0 Å². The fourth-order valence-corrected chi connectivity index (χ4v) is 3.68. The Morgan fingerprint density at radius 1 is 0.892 bits per heavy atom. The molecule has 2 rings (SSSR count). The van der Waals surface area contributed by atoms with E-state index < -0.39 is 72.6 Å². The Balaban J connectivity index is 2.30. The van der Waals surface area contributed by atoms with Gasteiger partial charge in [0.2, 0.25) is 23.6 Å². The first kappa shape index (κ1) is 29.1. The summed E-state index contributed by atoms with van der Waals surface area (Å²) in [6.07, 6.45) is 0.129. The van der Waals surface area contributed by atoms with Gasteiger partial charge in [-0.3, -0.25) is 24.0 Å². The van der Waals surface area contributed by atoms with E-state index in [2.05, 4.69) is 33.6 Å². The molecule has 0 saturated heterocycles. The molecule has 15 heteroatoms. The summed E-state index contributed by atoms with van der Waals surface area (Å²) in [6, 6.07) is 1.36. The van der Waals surface area contributed by atoms with Gasteiger partial charge in [0.25, 0.3) is 0 Å². The average molecular weight is 537 g/mol. The van der Waals surface area contributed by atoms with Crippen molar-refractivity contribution in [3.05, 3.63) is 36.0 Å². The van der Waals surface area contributed by atoms with Crippen LogP contribution >= 0.6 is 12.6 Å². The number of benzene rings is 1. The topological polar surface area (TPSA) is 247 Å². The minimum absolute atomic E-state index is 0.0870. The van der Waals surface area contributed by atoms with Gasteiger partial charge in [-0.05, 0) is 11.6 Å². The van der Waals surface area contributed by atoms with Crippen molar-refractivity contribution < 1.29 is 39.0 Å². The SMILES string of the molecule is NC(=O)CC(NC(=O)C(N)CC(=O)O)C(=O)NC(Cc1c[nH]c2ccccc12)C(=O)NC(CS)C(=O)O. The smallest absolute Gasteiger partial charge is 0.327 e. The number of hydrogen-bond donors (Lipinski definition) is 9. The van der Waals surface area contributed by atoms with Gasteiger partial charge in [0.05, 0.1) is 18.9 Å². The monoisotopic (exact) mass is 536 g/mol. The zero-order valence-corrected chi connectivity index (χ0v) is 20.4. The van der Waals surface area contributed by atoms with Crippen molar-refractivity contribution in [1.82, 2.24) is 20.9 Å². The Morgan fingerprint density at radius 2 is 1.49 bits per heavy atom. The molecule has 4 amide bonds. The van der Waals surface area contributed by atoms with Crippen LogP contribution in [-0.4, -0.2) is 80.7 Å². The number of aliphatic carboxylic acids is 2. The lowest BCUT2D eigenvalue weighted by Gasteiger charge is -2.24. The van der Waals surface area contributed by atoms with E-state index in [1.54, 1.807) is 30.5 Å². The normalized spacial score (nSPS) is 14.1. The predicted octanol–water partition coefficient (Wildman–Crippen LogP) is -2.14. The van der Waals surface area contributed by atoms with Gasteiger partial charge in [0.15, 0.2) is 0 Å². The summed E-state index contributed by atoms with van der Waals surface area (Å²) in [7, 11) is 0. The third-order valence-corrected chi connectivity index (χ3v) is 5.66. The number of aromatic amines is 1. The maximum absolute atomic E-state index is 13.0. The summed E-state index contributed by atoms with van der Waals surface area (Å²) >= 11 is 3.92. The molecule has 1 aromatic carbocycles. The molecule has 0 aliphatic heterocycles. The minimum Gasteiger partial charge on any atom is -0.481 e.